The molecule has 0 radical (unpaired) electrons. The molecule has 0 fully saturated rings. The Bertz CT molecular complexity index is 152. The molecule has 0 aromatic rings. The zero-order valence-corrected chi connectivity index (χ0v) is 10.1. The van der Waals surface area contributed by atoms with Crippen LogP contribution in [0, 0.1) is 0 Å². The van der Waals surface area contributed by atoms with E-state index in [4.69, 9.17) is 15.9 Å². The van der Waals surface area contributed by atoms with Gasteiger partial charge in [-0.05, 0) is 33.2 Å². The van der Waals surface area contributed by atoms with Crippen molar-refractivity contribution in [1.82, 2.24) is 0 Å². The zero-order valence-electron chi connectivity index (χ0n) is 10.1. The maximum absolute atomic E-state index is 9.87. The van der Waals surface area contributed by atoms with E-state index in [9.17, 15) is 4.79 Å². The molecule has 4 heteroatoms. The van der Waals surface area contributed by atoms with Crippen molar-refractivity contribution in [1.29, 1.82) is 0 Å². The summed E-state index contributed by atoms with van der Waals surface area (Å²) >= 11 is 0. The van der Waals surface area contributed by atoms with Crippen LogP contribution in [0.2, 0.25) is 0 Å². The fourth-order valence-corrected chi connectivity index (χ4v) is 0.879. The molecular weight excluding hydrogens is 194 g/mol. The molecule has 0 rings (SSSR count). The Kier molecular flexibility index (Phi) is 11.1. The molecule has 0 aromatic heterocycles. The first-order valence-corrected chi connectivity index (χ1v) is 5.47. The largest absolute Gasteiger partial charge is 0.481 e. The van der Waals surface area contributed by atoms with Gasteiger partial charge in [-0.15, -0.1) is 0 Å². The number of rotatable bonds is 6. The van der Waals surface area contributed by atoms with Crippen molar-refractivity contribution in [3.05, 3.63) is 0 Å². The number of hydrogen-bond donors (Lipinski definition) is 3. The summed E-state index contributed by atoms with van der Waals surface area (Å²) in [4.78, 5) is 9.87. The second kappa shape index (κ2) is 9.93. The third-order valence-corrected chi connectivity index (χ3v) is 1.75. The molecule has 4 nitrogen and oxygen atoms in total. The molecule has 0 amide bonds. The van der Waals surface area contributed by atoms with Gasteiger partial charge in [-0.2, -0.15) is 0 Å². The SMILES string of the molecule is CC(C)(O)CCN.CCCCCC(=O)O. The topological polar surface area (TPSA) is 83.5 Å². The van der Waals surface area contributed by atoms with E-state index < -0.39 is 11.6 Å². The zero-order chi connectivity index (χ0) is 12.3. The summed E-state index contributed by atoms with van der Waals surface area (Å²) in [6.07, 6.45) is 3.95. The van der Waals surface area contributed by atoms with E-state index >= 15 is 0 Å². The van der Waals surface area contributed by atoms with Crippen LogP contribution >= 0.6 is 0 Å². The van der Waals surface area contributed by atoms with Gasteiger partial charge in [-0.3, -0.25) is 4.79 Å². The highest BCUT2D eigenvalue weighted by Crippen LogP contribution is 2.03. The summed E-state index contributed by atoms with van der Waals surface area (Å²) in [6.45, 7) is 6.12. The Morgan fingerprint density at radius 1 is 1.33 bits per heavy atom. The minimum atomic E-state index is -0.682. The van der Waals surface area contributed by atoms with E-state index in [0.717, 1.165) is 19.3 Å². The van der Waals surface area contributed by atoms with Crippen LogP contribution in [0.4, 0.5) is 0 Å². The van der Waals surface area contributed by atoms with E-state index in [1.165, 1.54) is 0 Å². The Morgan fingerprint density at radius 3 is 2.07 bits per heavy atom. The molecule has 0 aliphatic rings. The van der Waals surface area contributed by atoms with Gasteiger partial charge in [-0.1, -0.05) is 19.8 Å². The second-order valence-corrected chi connectivity index (χ2v) is 4.20. The number of aliphatic hydroxyl groups is 1. The van der Waals surface area contributed by atoms with Crippen molar-refractivity contribution >= 4 is 5.97 Å². The molecule has 0 aliphatic carbocycles. The molecule has 0 aliphatic heterocycles. The minimum Gasteiger partial charge on any atom is -0.481 e. The summed E-state index contributed by atoms with van der Waals surface area (Å²) in [7, 11) is 0. The molecular formula is C11H25NO3. The van der Waals surface area contributed by atoms with Crippen LogP contribution < -0.4 is 5.73 Å². The third-order valence-electron chi connectivity index (χ3n) is 1.75. The number of carbonyl (C=O) groups is 1. The van der Waals surface area contributed by atoms with Crippen LogP contribution in [-0.2, 0) is 4.79 Å². The maximum Gasteiger partial charge on any atom is 0.303 e. The lowest BCUT2D eigenvalue weighted by Crippen LogP contribution is -2.22. The molecule has 0 atom stereocenters. The Labute approximate surface area is 92.5 Å². The molecule has 4 N–H and O–H groups in total. The van der Waals surface area contributed by atoms with Gasteiger partial charge in [-0.25, -0.2) is 0 Å². The minimum absolute atomic E-state index is 0.327. The average molecular weight is 219 g/mol. The highest BCUT2D eigenvalue weighted by molar-refractivity contribution is 5.66. The summed E-state index contributed by atoms with van der Waals surface area (Å²) in [5.41, 5.74) is 4.58. The van der Waals surface area contributed by atoms with Gasteiger partial charge in [0, 0.05) is 6.42 Å². The first-order valence-electron chi connectivity index (χ1n) is 5.47. The molecule has 0 saturated heterocycles. The molecule has 15 heavy (non-hydrogen) atoms. The third kappa shape index (κ3) is 24.7. The summed E-state index contributed by atoms with van der Waals surface area (Å²) in [5.74, 6) is -0.682. The van der Waals surface area contributed by atoms with E-state index in [2.05, 4.69) is 6.92 Å². The van der Waals surface area contributed by atoms with Crippen molar-refractivity contribution in [2.45, 2.75) is 58.5 Å². The summed E-state index contributed by atoms with van der Waals surface area (Å²) < 4.78 is 0. The number of carboxylic acid groups (broad SMARTS) is 1. The Hall–Kier alpha value is -0.610. The highest BCUT2D eigenvalue weighted by Gasteiger charge is 2.08. The molecule has 0 spiro atoms. The van der Waals surface area contributed by atoms with Gasteiger partial charge in [0.15, 0.2) is 0 Å². The molecule has 0 bridgehead atoms. The van der Waals surface area contributed by atoms with Gasteiger partial charge < -0.3 is 15.9 Å². The first-order chi connectivity index (χ1) is 6.83. The van der Waals surface area contributed by atoms with E-state index in [1.807, 2.05) is 0 Å². The number of unbranched alkanes of at least 4 members (excludes halogenated alkanes) is 2. The molecule has 0 saturated carbocycles. The summed E-state index contributed by atoms with van der Waals surface area (Å²) in [5, 5.41) is 17.1. The van der Waals surface area contributed by atoms with Gasteiger partial charge in [0.2, 0.25) is 0 Å². The molecule has 92 valence electrons. The number of hydrogen-bond acceptors (Lipinski definition) is 3. The second-order valence-electron chi connectivity index (χ2n) is 4.20. The fourth-order valence-electron chi connectivity index (χ4n) is 0.879. The maximum atomic E-state index is 9.87. The lowest BCUT2D eigenvalue weighted by molar-refractivity contribution is -0.137. The normalized spacial score (nSPS) is 10.5. The van der Waals surface area contributed by atoms with E-state index in [0.29, 0.717) is 19.4 Å². The summed E-state index contributed by atoms with van der Waals surface area (Å²) in [6, 6.07) is 0. The van der Waals surface area contributed by atoms with E-state index in [-0.39, 0.29) is 0 Å². The number of nitrogens with two attached hydrogens (primary N) is 1. The van der Waals surface area contributed by atoms with Crippen LogP contribution in [-0.4, -0.2) is 28.3 Å². The quantitative estimate of drug-likeness (QED) is 0.594. The van der Waals surface area contributed by atoms with Crippen LogP contribution in [0.3, 0.4) is 0 Å². The van der Waals surface area contributed by atoms with Crippen molar-refractivity contribution in [2.75, 3.05) is 6.54 Å². The molecule has 0 unspecified atom stereocenters. The predicted molar refractivity (Wildman–Crippen MR) is 61.7 cm³/mol. The average Bonchev–Trinajstić information content (AvgIpc) is 2.02. The van der Waals surface area contributed by atoms with Crippen LogP contribution in [0.25, 0.3) is 0 Å². The monoisotopic (exact) mass is 219 g/mol. The van der Waals surface area contributed by atoms with Crippen LogP contribution in [0.5, 0.6) is 0 Å². The Balaban J connectivity index is 0. The molecule has 0 aromatic carbocycles. The van der Waals surface area contributed by atoms with Crippen LogP contribution in [0.1, 0.15) is 52.9 Å². The van der Waals surface area contributed by atoms with Crippen molar-refractivity contribution in [3.63, 3.8) is 0 Å². The van der Waals surface area contributed by atoms with Gasteiger partial charge in [0.25, 0.3) is 0 Å². The fraction of sp³-hybridized carbons (Fsp3) is 0.909. The van der Waals surface area contributed by atoms with Gasteiger partial charge in [0.05, 0.1) is 5.60 Å². The van der Waals surface area contributed by atoms with Crippen molar-refractivity contribution in [3.8, 4) is 0 Å². The van der Waals surface area contributed by atoms with Gasteiger partial charge in [0.1, 0.15) is 0 Å². The van der Waals surface area contributed by atoms with E-state index in [1.54, 1.807) is 13.8 Å². The Morgan fingerprint density at radius 2 is 1.87 bits per heavy atom. The standard InChI is InChI=1S/C6H12O2.C5H13NO/c1-2-3-4-5-6(7)8;1-5(2,7)3-4-6/h2-5H2,1H3,(H,7,8);7H,3-4,6H2,1-2H3. The smallest absolute Gasteiger partial charge is 0.303 e. The van der Waals surface area contributed by atoms with Gasteiger partial charge >= 0.3 is 5.97 Å². The highest BCUT2D eigenvalue weighted by atomic mass is 16.4. The first kappa shape index (κ1) is 16.8. The van der Waals surface area contributed by atoms with Crippen molar-refractivity contribution in [2.24, 2.45) is 5.73 Å². The number of carboxylic acids is 1. The lowest BCUT2D eigenvalue weighted by Gasteiger charge is -2.13. The van der Waals surface area contributed by atoms with Crippen molar-refractivity contribution < 1.29 is 15.0 Å². The molecule has 0 heterocycles. The number of aliphatic carboxylic acids is 1. The predicted octanol–water partition coefficient (Wildman–Crippen LogP) is 1.76. The lowest BCUT2D eigenvalue weighted by atomic mass is 10.1. The van der Waals surface area contributed by atoms with Crippen LogP contribution in [0.15, 0.2) is 0 Å².